The Labute approximate surface area is 113 Å². The van der Waals surface area contributed by atoms with Gasteiger partial charge in [-0.1, -0.05) is 22.0 Å². The Morgan fingerprint density at radius 3 is 2.89 bits per heavy atom. The van der Waals surface area contributed by atoms with Crippen molar-refractivity contribution in [2.45, 2.75) is 13.2 Å². The normalized spacial score (nSPS) is 10.3. The number of nitrogens with zero attached hydrogens (tertiary/aromatic N) is 1. The van der Waals surface area contributed by atoms with Gasteiger partial charge in [-0.25, -0.2) is 0 Å². The maximum Gasteiger partial charge on any atom is 0.244 e. The van der Waals surface area contributed by atoms with Gasteiger partial charge in [-0.3, -0.25) is 4.79 Å². The third kappa shape index (κ3) is 3.21. The van der Waals surface area contributed by atoms with E-state index in [9.17, 15) is 4.79 Å². The van der Waals surface area contributed by atoms with Crippen molar-refractivity contribution in [3.63, 3.8) is 0 Å². The lowest BCUT2D eigenvalue weighted by molar-refractivity contribution is -0.116. The molecule has 1 heterocycles. The van der Waals surface area contributed by atoms with E-state index >= 15 is 0 Å². The van der Waals surface area contributed by atoms with Gasteiger partial charge in [0, 0.05) is 22.1 Å². The van der Waals surface area contributed by atoms with Gasteiger partial charge in [-0.05, 0) is 30.3 Å². The van der Waals surface area contributed by atoms with Crippen LogP contribution in [0, 0.1) is 0 Å². The maximum absolute atomic E-state index is 11.8. The van der Waals surface area contributed by atoms with E-state index < -0.39 is 0 Å². The first-order valence-electron chi connectivity index (χ1n) is 5.49. The van der Waals surface area contributed by atoms with E-state index in [0.717, 1.165) is 15.9 Å². The number of hydrogen-bond donors (Lipinski definition) is 2. The Bertz CT molecular complexity index is 551. The molecule has 2 N–H and O–H groups in total. The molecule has 2 rings (SSSR count). The van der Waals surface area contributed by atoms with Gasteiger partial charge in [0.15, 0.2) is 0 Å². The van der Waals surface area contributed by atoms with Gasteiger partial charge in [0.25, 0.3) is 0 Å². The second kappa shape index (κ2) is 5.84. The van der Waals surface area contributed by atoms with Crippen LogP contribution >= 0.6 is 15.9 Å². The summed E-state index contributed by atoms with van der Waals surface area (Å²) in [7, 11) is 0. The fourth-order valence-electron chi connectivity index (χ4n) is 1.67. The van der Waals surface area contributed by atoms with Crippen LogP contribution in [0.1, 0.15) is 5.69 Å². The van der Waals surface area contributed by atoms with Crippen molar-refractivity contribution < 1.29 is 9.90 Å². The van der Waals surface area contributed by atoms with E-state index in [2.05, 4.69) is 21.2 Å². The summed E-state index contributed by atoms with van der Waals surface area (Å²) >= 11 is 3.35. The fraction of sp³-hybridized carbons (Fsp3) is 0.154. The number of nitrogens with one attached hydrogen (secondary N) is 1. The van der Waals surface area contributed by atoms with Crippen LogP contribution in [0.25, 0.3) is 0 Å². The van der Waals surface area contributed by atoms with E-state index in [4.69, 9.17) is 5.11 Å². The van der Waals surface area contributed by atoms with E-state index in [1.807, 2.05) is 24.3 Å². The van der Waals surface area contributed by atoms with Crippen LogP contribution in [-0.2, 0) is 17.9 Å². The second-order valence-electron chi connectivity index (χ2n) is 3.84. The van der Waals surface area contributed by atoms with Crippen LogP contribution < -0.4 is 5.32 Å². The zero-order chi connectivity index (χ0) is 13.0. The molecule has 18 heavy (non-hydrogen) atoms. The number of aromatic nitrogens is 1. The fourth-order valence-corrected chi connectivity index (χ4v) is 2.07. The predicted molar refractivity (Wildman–Crippen MR) is 73.1 cm³/mol. The number of aliphatic hydroxyl groups is 1. The average molecular weight is 309 g/mol. The van der Waals surface area contributed by atoms with Crippen LogP contribution in [-0.4, -0.2) is 15.6 Å². The number of rotatable bonds is 4. The van der Waals surface area contributed by atoms with Gasteiger partial charge in [0.1, 0.15) is 6.54 Å². The van der Waals surface area contributed by atoms with Crippen LogP contribution in [0.5, 0.6) is 0 Å². The summed E-state index contributed by atoms with van der Waals surface area (Å²) in [5.74, 6) is -0.126. The predicted octanol–water partition coefficient (Wildman–Crippen LogP) is 2.38. The molecular formula is C13H13BrN2O2. The van der Waals surface area contributed by atoms with E-state index in [-0.39, 0.29) is 19.1 Å². The Kier molecular flexibility index (Phi) is 4.17. The zero-order valence-corrected chi connectivity index (χ0v) is 11.2. The first kappa shape index (κ1) is 12.9. The Balaban J connectivity index is 2.01. The van der Waals surface area contributed by atoms with Gasteiger partial charge in [-0.2, -0.15) is 0 Å². The molecule has 1 aromatic heterocycles. The minimum atomic E-state index is -0.126. The highest BCUT2D eigenvalue weighted by Crippen LogP contribution is 2.15. The van der Waals surface area contributed by atoms with Gasteiger partial charge >= 0.3 is 0 Å². The van der Waals surface area contributed by atoms with Crippen molar-refractivity contribution in [3.05, 3.63) is 52.8 Å². The number of hydrogen-bond acceptors (Lipinski definition) is 2. The Hall–Kier alpha value is -1.59. The van der Waals surface area contributed by atoms with Gasteiger partial charge in [0.2, 0.25) is 5.91 Å². The monoisotopic (exact) mass is 308 g/mol. The molecule has 0 radical (unpaired) electrons. The van der Waals surface area contributed by atoms with Crippen LogP contribution in [0.2, 0.25) is 0 Å². The largest absolute Gasteiger partial charge is 0.390 e. The molecule has 94 valence electrons. The molecule has 0 aliphatic rings. The van der Waals surface area contributed by atoms with Gasteiger partial charge in [-0.15, -0.1) is 0 Å². The third-order valence-electron chi connectivity index (χ3n) is 2.51. The quantitative estimate of drug-likeness (QED) is 0.911. The molecule has 0 atom stereocenters. The molecule has 0 aliphatic heterocycles. The highest BCUT2D eigenvalue weighted by Gasteiger charge is 2.06. The van der Waals surface area contributed by atoms with Crippen molar-refractivity contribution in [2.24, 2.45) is 0 Å². The zero-order valence-electron chi connectivity index (χ0n) is 9.64. The molecule has 0 bridgehead atoms. The summed E-state index contributed by atoms with van der Waals surface area (Å²) in [6, 6.07) is 11.0. The molecular weight excluding hydrogens is 296 g/mol. The minimum absolute atomic E-state index is 0.0723. The van der Waals surface area contributed by atoms with E-state index in [1.165, 1.54) is 0 Å². The maximum atomic E-state index is 11.8. The molecule has 4 nitrogen and oxygen atoms in total. The van der Waals surface area contributed by atoms with Crippen molar-refractivity contribution in [1.29, 1.82) is 0 Å². The van der Waals surface area contributed by atoms with Crippen LogP contribution in [0.3, 0.4) is 0 Å². The summed E-state index contributed by atoms with van der Waals surface area (Å²) < 4.78 is 2.63. The lowest BCUT2D eigenvalue weighted by Gasteiger charge is -2.08. The molecule has 0 saturated carbocycles. The summed E-state index contributed by atoms with van der Waals surface area (Å²) in [5, 5.41) is 11.9. The number of anilines is 1. The minimum Gasteiger partial charge on any atom is -0.390 e. The molecule has 1 amide bonds. The lowest BCUT2D eigenvalue weighted by Crippen LogP contribution is -2.19. The number of carbonyl (C=O) groups is 1. The molecule has 0 aliphatic carbocycles. The van der Waals surface area contributed by atoms with Crippen molar-refractivity contribution in [3.8, 4) is 0 Å². The number of amides is 1. The lowest BCUT2D eigenvalue weighted by atomic mass is 10.3. The number of benzene rings is 1. The van der Waals surface area contributed by atoms with Gasteiger partial charge < -0.3 is 15.0 Å². The summed E-state index contributed by atoms with van der Waals surface area (Å²) in [6.45, 7) is 0.118. The average Bonchev–Trinajstić information content (AvgIpc) is 2.76. The molecule has 1 aromatic carbocycles. The SMILES string of the molecule is O=C(Cn1cccc1CO)Nc1cccc(Br)c1. The first-order valence-corrected chi connectivity index (χ1v) is 6.28. The first-order chi connectivity index (χ1) is 8.69. The van der Waals surface area contributed by atoms with E-state index in [0.29, 0.717) is 0 Å². The second-order valence-corrected chi connectivity index (χ2v) is 4.76. The summed E-state index contributed by atoms with van der Waals surface area (Å²) in [6.07, 6.45) is 1.77. The number of halogens is 1. The third-order valence-corrected chi connectivity index (χ3v) is 3.00. The number of aliphatic hydroxyl groups excluding tert-OH is 1. The molecule has 2 aromatic rings. The summed E-state index contributed by atoms with van der Waals surface area (Å²) in [4.78, 5) is 11.8. The molecule has 5 heteroatoms. The van der Waals surface area contributed by atoms with Crippen LogP contribution in [0.4, 0.5) is 5.69 Å². The summed E-state index contributed by atoms with van der Waals surface area (Å²) in [5.41, 5.74) is 1.46. The van der Waals surface area contributed by atoms with Crippen LogP contribution in [0.15, 0.2) is 47.1 Å². The topological polar surface area (TPSA) is 54.3 Å². The molecule has 0 fully saturated rings. The van der Waals surface area contributed by atoms with Crippen molar-refractivity contribution in [2.75, 3.05) is 5.32 Å². The number of carbonyl (C=O) groups excluding carboxylic acids is 1. The standard InChI is InChI=1S/C13H13BrN2O2/c14-10-3-1-4-11(7-10)15-13(18)8-16-6-2-5-12(16)9-17/h1-7,17H,8-9H2,(H,15,18). The highest BCUT2D eigenvalue weighted by atomic mass is 79.9. The molecule has 0 saturated heterocycles. The smallest absolute Gasteiger partial charge is 0.244 e. The molecule has 0 spiro atoms. The van der Waals surface area contributed by atoms with Crippen molar-refractivity contribution >= 4 is 27.5 Å². The Morgan fingerprint density at radius 2 is 2.17 bits per heavy atom. The van der Waals surface area contributed by atoms with Crippen molar-refractivity contribution in [1.82, 2.24) is 4.57 Å². The van der Waals surface area contributed by atoms with Gasteiger partial charge in [0.05, 0.1) is 6.61 Å². The molecule has 0 unspecified atom stereocenters. The highest BCUT2D eigenvalue weighted by molar-refractivity contribution is 9.10. The Morgan fingerprint density at radius 1 is 1.33 bits per heavy atom. The van der Waals surface area contributed by atoms with E-state index in [1.54, 1.807) is 22.9 Å².